The topological polar surface area (TPSA) is 227 Å². The van der Waals surface area contributed by atoms with Crippen LogP contribution in [0.1, 0.15) is 13.8 Å². The van der Waals surface area contributed by atoms with Gasteiger partial charge in [-0.1, -0.05) is 0 Å². The molecule has 14 heteroatoms. The van der Waals surface area contributed by atoms with Crippen molar-refractivity contribution < 1.29 is 60.5 Å². The molecule has 14 nitrogen and oxygen atoms in total. The molecule has 0 aliphatic carbocycles. The van der Waals surface area contributed by atoms with Crippen molar-refractivity contribution in [2.75, 3.05) is 39.3 Å². The van der Waals surface area contributed by atoms with E-state index in [-0.39, 0.29) is 39.3 Å². The van der Waals surface area contributed by atoms with E-state index in [4.69, 9.17) is 9.47 Å². The monoisotopic (exact) mass is 512 g/mol. The number of hydrogen-bond donors (Lipinski definition) is 10. The minimum Gasteiger partial charge on any atom is -0.389 e. The molecule has 0 aromatic rings. The van der Waals surface area contributed by atoms with Crippen LogP contribution < -0.4 is 0 Å². The van der Waals surface area contributed by atoms with Gasteiger partial charge in [0.15, 0.2) is 5.79 Å². The predicted octanol–water partition coefficient (Wildman–Crippen LogP) is -6.25. The summed E-state index contributed by atoms with van der Waals surface area (Å²) in [7, 11) is 0. The van der Waals surface area contributed by atoms with Crippen molar-refractivity contribution in [3.8, 4) is 0 Å². The molecule has 0 saturated carbocycles. The second kappa shape index (κ2) is 11.4. The molecule has 3 saturated heterocycles. The molecule has 3 heterocycles. The maximum atomic E-state index is 10.9. The van der Waals surface area contributed by atoms with Crippen LogP contribution in [-0.2, 0) is 9.47 Å². The van der Waals surface area contributed by atoms with Crippen molar-refractivity contribution in [3.63, 3.8) is 0 Å². The molecule has 0 bridgehead atoms. The molecule has 3 fully saturated rings. The van der Waals surface area contributed by atoms with Crippen LogP contribution in [0.3, 0.4) is 0 Å². The Morgan fingerprint density at radius 3 is 1.11 bits per heavy atom. The number of aliphatic hydroxyl groups excluding tert-OH is 10. The molecule has 0 aromatic heterocycles. The Bertz CT molecular complexity index is 603. The van der Waals surface area contributed by atoms with Crippen LogP contribution in [0.5, 0.6) is 0 Å². The van der Waals surface area contributed by atoms with Gasteiger partial charge in [-0.2, -0.15) is 0 Å². The molecular formula is C21H40N2O12. The van der Waals surface area contributed by atoms with Crippen LogP contribution >= 0.6 is 0 Å². The summed E-state index contributed by atoms with van der Waals surface area (Å²) in [5.41, 5.74) is 0. The van der Waals surface area contributed by atoms with Gasteiger partial charge in [0.05, 0.1) is 36.6 Å². The van der Waals surface area contributed by atoms with Crippen molar-refractivity contribution in [2.24, 2.45) is 0 Å². The van der Waals surface area contributed by atoms with Gasteiger partial charge >= 0.3 is 0 Å². The summed E-state index contributed by atoms with van der Waals surface area (Å²) < 4.78 is 11.6. The summed E-state index contributed by atoms with van der Waals surface area (Å²) in [5, 5.41) is 102. The summed E-state index contributed by atoms with van der Waals surface area (Å²) in [6.07, 6.45) is -16.3. The molecule has 10 N–H and O–H groups in total. The van der Waals surface area contributed by atoms with Crippen molar-refractivity contribution in [3.05, 3.63) is 0 Å². The van der Waals surface area contributed by atoms with E-state index in [1.807, 2.05) is 0 Å². The van der Waals surface area contributed by atoms with Crippen molar-refractivity contribution in [1.29, 1.82) is 0 Å². The minimum atomic E-state index is -1.55. The predicted molar refractivity (Wildman–Crippen MR) is 117 cm³/mol. The average molecular weight is 513 g/mol. The van der Waals surface area contributed by atoms with Gasteiger partial charge in [-0.05, 0) is 13.8 Å². The Hall–Kier alpha value is -0.560. The molecule has 0 spiro atoms. The summed E-state index contributed by atoms with van der Waals surface area (Å²) in [6.45, 7) is 2.38. The zero-order chi connectivity index (χ0) is 26.2. The average Bonchev–Trinajstić information content (AvgIpc) is 3.03. The van der Waals surface area contributed by atoms with Gasteiger partial charge in [0.2, 0.25) is 0 Å². The zero-order valence-corrected chi connectivity index (χ0v) is 19.9. The standard InChI is InChI=1S/C21H40N2O12/c1-21(2)34-19(13(28)7-22-3-9(24)15(30)16(31)10(25)4-22)20(35-21)14(29)8-23-5-11(26)17(32)18(33)12(27)6-23/h9-20,24-33H,3-8H2,1-2H3/t9-,10-,11-,12-,13-,14-,15-,16-,17-,18-,19-,20-/m1/s1. The summed E-state index contributed by atoms with van der Waals surface area (Å²) in [5.74, 6) is -1.17. The molecule has 35 heavy (non-hydrogen) atoms. The maximum Gasteiger partial charge on any atom is 0.164 e. The molecule has 0 radical (unpaired) electrons. The number of hydrogen-bond acceptors (Lipinski definition) is 14. The fourth-order valence-electron chi connectivity index (χ4n) is 5.00. The molecule has 3 aliphatic heterocycles. The summed E-state index contributed by atoms with van der Waals surface area (Å²) in [6, 6.07) is 0. The minimum absolute atomic E-state index is 0.134. The van der Waals surface area contributed by atoms with Gasteiger partial charge in [0, 0.05) is 39.3 Å². The SMILES string of the molecule is CC1(C)O[C@H]([C@H](O)CN2C[C@@H](O)[C@@H](O)[C@H](O)[C@H](O)C2)[C@@H]([C@H](O)CN2C[C@@H](O)[C@@H](O)[C@H](O)[C@H](O)C2)O1. The molecule has 0 aromatic carbocycles. The molecule has 0 unspecified atom stereocenters. The molecule has 3 rings (SSSR count). The Balaban J connectivity index is 1.67. The summed E-state index contributed by atoms with van der Waals surface area (Å²) >= 11 is 0. The van der Waals surface area contributed by atoms with Crippen molar-refractivity contribution in [1.82, 2.24) is 9.80 Å². The van der Waals surface area contributed by atoms with E-state index >= 15 is 0 Å². The lowest BCUT2D eigenvalue weighted by molar-refractivity contribution is -0.162. The zero-order valence-electron chi connectivity index (χ0n) is 19.9. The number of ether oxygens (including phenoxy) is 2. The molecular weight excluding hydrogens is 472 g/mol. The highest BCUT2D eigenvalue weighted by atomic mass is 16.8. The normalized spacial score (nSPS) is 45.6. The second-order valence-electron chi connectivity index (χ2n) is 10.4. The van der Waals surface area contributed by atoms with Gasteiger partial charge in [-0.15, -0.1) is 0 Å². The molecule has 3 aliphatic rings. The number of likely N-dealkylation sites (tertiary alicyclic amines) is 2. The quantitative estimate of drug-likeness (QED) is 0.160. The van der Waals surface area contributed by atoms with Crippen LogP contribution in [-0.4, -0.2) is 179 Å². The lowest BCUT2D eigenvalue weighted by atomic mass is 10.0. The Morgan fingerprint density at radius 2 is 0.857 bits per heavy atom. The van der Waals surface area contributed by atoms with Gasteiger partial charge in [-0.3, -0.25) is 9.80 Å². The van der Waals surface area contributed by atoms with Crippen molar-refractivity contribution >= 4 is 0 Å². The van der Waals surface area contributed by atoms with Gasteiger partial charge < -0.3 is 60.5 Å². The summed E-state index contributed by atoms with van der Waals surface area (Å²) in [4.78, 5) is 2.92. The van der Waals surface area contributed by atoms with E-state index in [2.05, 4.69) is 0 Å². The Morgan fingerprint density at radius 1 is 0.600 bits per heavy atom. The molecule has 206 valence electrons. The van der Waals surface area contributed by atoms with Crippen LogP contribution in [0, 0.1) is 0 Å². The first-order valence-electron chi connectivity index (χ1n) is 11.8. The Kier molecular flexibility index (Phi) is 9.49. The fourth-order valence-corrected chi connectivity index (χ4v) is 5.00. The van der Waals surface area contributed by atoms with E-state index in [9.17, 15) is 51.1 Å². The van der Waals surface area contributed by atoms with Crippen molar-refractivity contribution in [2.45, 2.75) is 92.9 Å². The van der Waals surface area contributed by atoms with Crippen LogP contribution in [0.15, 0.2) is 0 Å². The first kappa shape index (κ1) is 29.0. The van der Waals surface area contributed by atoms with E-state index in [0.29, 0.717) is 0 Å². The first-order chi connectivity index (χ1) is 16.2. The third kappa shape index (κ3) is 6.86. The number of nitrogens with zero attached hydrogens (tertiary/aromatic N) is 2. The van der Waals surface area contributed by atoms with Gasteiger partial charge in [0.1, 0.15) is 36.6 Å². The smallest absolute Gasteiger partial charge is 0.164 e. The third-order valence-electron chi connectivity index (χ3n) is 6.87. The highest BCUT2D eigenvalue weighted by Gasteiger charge is 2.49. The second-order valence-corrected chi connectivity index (χ2v) is 10.4. The van der Waals surface area contributed by atoms with E-state index < -0.39 is 79.0 Å². The maximum absolute atomic E-state index is 10.9. The number of rotatable bonds is 6. The van der Waals surface area contributed by atoms with Crippen LogP contribution in [0.25, 0.3) is 0 Å². The van der Waals surface area contributed by atoms with E-state index in [1.165, 1.54) is 9.80 Å². The molecule has 0 amide bonds. The Labute approximate surface area is 203 Å². The number of β-amino-alcohol motifs (C(OH)–C–C–N with tert-alkyl or cyclic N) is 6. The van der Waals surface area contributed by atoms with E-state index in [0.717, 1.165) is 0 Å². The molecule has 12 atom stereocenters. The fraction of sp³-hybridized carbons (Fsp3) is 1.00. The van der Waals surface area contributed by atoms with Crippen LogP contribution in [0.4, 0.5) is 0 Å². The largest absolute Gasteiger partial charge is 0.389 e. The lowest BCUT2D eigenvalue weighted by Crippen LogP contribution is -2.52. The highest BCUT2D eigenvalue weighted by Crippen LogP contribution is 2.33. The number of aliphatic hydroxyl groups is 10. The van der Waals surface area contributed by atoms with Crippen LogP contribution in [0.2, 0.25) is 0 Å². The lowest BCUT2D eigenvalue weighted by Gasteiger charge is -2.32. The van der Waals surface area contributed by atoms with Gasteiger partial charge in [0.25, 0.3) is 0 Å². The first-order valence-corrected chi connectivity index (χ1v) is 11.8. The third-order valence-corrected chi connectivity index (χ3v) is 6.87. The van der Waals surface area contributed by atoms with Gasteiger partial charge in [-0.25, -0.2) is 0 Å². The van der Waals surface area contributed by atoms with E-state index in [1.54, 1.807) is 13.8 Å². The highest BCUT2D eigenvalue weighted by molar-refractivity contribution is 4.96.